The van der Waals surface area contributed by atoms with Crippen LogP contribution in [0.5, 0.6) is 0 Å². The Morgan fingerprint density at radius 1 is 0.384 bits per heavy atom. The summed E-state index contributed by atoms with van der Waals surface area (Å²) in [7, 11) is 0. The number of amides is 2. The number of aliphatic hydroxyl groups excluding tert-OH is 3. The standard InChI is InChI=1S/C56H74N2O28/c1-26(59)57-41-43(68)45(37(80-53(41)70)22-71-20-35-16-12-10-13-17-35)84-56-52(79-34(9)67)50(48(76-31(6)64)40(83-56)25-74-29(4)62)86-54-42(58-27(2)60)44(69)46(38(81-54)23-72-21-36-18-14-11-15-19-36)85-55-51(78-33(8)66)49(77-32(7)65)47(75-30(5)63)39(82-55)24-73-28(3)61/h10-19,37-56,68-70H,20-25H2,1-9H3,(H,57,59)(H,58,60)/t37-,38-,39-,40-,41-,42-,43-,44-,45-,46-,47+,48+,49+,50+,51-,52-,53-,54+,55+,56+/m1/s1. The Morgan fingerprint density at radius 3 is 1.14 bits per heavy atom. The van der Waals surface area contributed by atoms with E-state index in [2.05, 4.69) is 10.6 Å². The second-order valence-electron chi connectivity index (χ2n) is 20.4. The minimum absolute atomic E-state index is 0.00443. The Balaban J connectivity index is 1.45. The van der Waals surface area contributed by atoms with Crippen molar-refractivity contribution in [3.63, 3.8) is 0 Å². The van der Waals surface area contributed by atoms with E-state index in [0.29, 0.717) is 5.56 Å². The molecule has 0 saturated carbocycles. The molecule has 0 unspecified atom stereocenters. The number of esters is 7. The Hall–Kier alpha value is -6.81. The number of carbonyl (C=O) groups is 9. The van der Waals surface area contributed by atoms with Crippen molar-refractivity contribution >= 4 is 53.6 Å². The first kappa shape index (κ1) is 68.3. The van der Waals surface area contributed by atoms with Crippen molar-refractivity contribution in [3.8, 4) is 0 Å². The Labute approximate surface area is 493 Å². The van der Waals surface area contributed by atoms with Crippen molar-refractivity contribution in [2.24, 2.45) is 0 Å². The summed E-state index contributed by atoms with van der Waals surface area (Å²) in [5.41, 5.74) is 1.38. The smallest absolute Gasteiger partial charge is 0.303 e. The van der Waals surface area contributed by atoms with E-state index in [1.807, 2.05) is 0 Å². The quantitative estimate of drug-likeness (QED) is 0.0587. The van der Waals surface area contributed by atoms with Crippen LogP contribution >= 0.6 is 0 Å². The van der Waals surface area contributed by atoms with Gasteiger partial charge in [0.15, 0.2) is 55.7 Å². The molecule has 4 saturated heterocycles. The molecule has 6 rings (SSSR count). The van der Waals surface area contributed by atoms with Gasteiger partial charge in [0.1, 0.15) is 80.2 Å². The van der Waals surface area contributed by atoms with Gasteiger partial charge in [0.05, 0.1) is 26.4 Å². The maximum Gasteiger partial charge on any atom is 0.303 e. The van der Waals surface area contributed by atoms with Crippen LogP contribution in [0.2, 0.25) is 0 Å². The van der Waals surface area contributed by atoms with Crippen LogP contribution in [0.4, 0.5) is 0 Å². The highest BCUT2D eigenvalue weighted by atomic mass is 16.8. The molecule has 20 atom stereocenters. The van der Waals surface area contributed by atoms with Gasteiger partial charge in [0.25, 0.3) is 0 Å². The lowest BCUT2D eigenvalue weighted by Crippen LogP contribution is -2.71. The second-order valence-corrected chi connectivity index (χ2v) is 20.4. The van der Waals surface area contributed by atoms with Crippen LogP contribution in [0.1, 0.15) is 73.4 Å². The van der Waals surface area contributed by atoms with Gasteiger partial charge in [-0.15, -0.1) is 0 Å². The van der Waals surface area contributed by atoms with Crippen LogP contribution in [-0.2, 0) is 132 Å². The molecule has 86 heavy (non-hydrogen) atoms. The number of aliphatic hydroxyl groups is 3. The molecule has 4 aliphatic heterocycles. The second kappa shape index (κ2) is 32.3. The van der Waals surface area contributed by atoms with E-state index in [4.69, 9.17) is 75.8 Å². The van der Waals surface area contributed by atoms with Crippen LogP contribution < -0.4 is 10.6 Å². The highest BCUT2D eigenvalue weighted by molar-refractivity contribution is 5.74. The van der Waals surface area contributed by atoms with Crippen molar-refractivity contribution in [2.75, 3.05) is 26.4 Å². The van der Waals surface area contributed by atoms with Gasteiger partial charge in [0, 0.05) is 62.3 Å². The predicted octanol–water partition coefficient (Wildman–Crippen LogP) is -1.02. The minimum atomic E-state index is -2.05. The number of hydrogen-bond acceptors (Lipinski definition) is 28. The molecule has 5 N–H and O–H groups in total. The van der Waals surface area contributed by atoms with Gasteiger partial charge in [-0.1, -0.05) is 60.7 Å². The van der Waals surface area contributed by atoms with Crippen molar-refractivity contribution in [1.82, 2.24) is 10.6 Å². The molecule has 0 spiro atoms. The number of rotatable bonds is 25. The fraction of sp³-hybridized carbons (Fsp3) is 0.625. The van der Waals surface area contributed by atoms with E-state index in [9.17, 15) is 58.5 Å². The molecule has 0 aliphatic carbocycles. The summed E-state index contributed by atoms with van der Waals surface area (Å²) in [6.45, 7) is 6.92. The highest BCUT2D eigenvalue weighted by Gasteiger charge is 2.60. The third-order valence-electron chi connectivity index (χ3n) is 13.4. The van der Waals surface area contributed by atoms with Gasteiger partial charge in [-0.3, -0.25) is 43.2 Å². The molecule has 4 heterocycles. The molecule has 30 heteroatoms. The summed E-state index contributed by atoms with van der Waals surface area (Å²) in [6.07, 6.45) is -32.1. The zero-order chi connectivity index (χ0) is 62.9. The molecule has 30 nitrogen and oxygen atoms in total. The lowest BCUT2D eigenvalue weighted by molar-refractivity contribution is -0.378. The predicted molar refractivity (Wildman–Crippen MR) is 282 cm³/mol. The molecule has 0 bridgehead atoms. The van der Waals surface area contributed by atoms with Crippen molar-refractivity contribution in [1.29, 1.82) is 0 Å². The van der Waals surface area contributed by atoms with E-state index in [1.165, 1.54) is 0 Å². The summed E-state index contributed by atoms with van der Waals surface area (Å²) >= 11 is 0. The summed E-state index contributed by atoms with van der Waals surface area (Å²) in [4.78, 5) is 115. The number of carbonyl (C=O) groups excluding carboxylic acids is 9. The topological polar surface area (TPSA) is 386 Å². The number of benzene rings is 2. The van der Waals surface area contributed by atoms with Crippen LogP contribution in [0.3, 0.4) is 0 Å². The third kappa shape index (κ3) is 19.6. The fourth-order valence-electron chi connectivity index (χ4n) is 9.98. The minimum Gasteiger partial charge on any atom is -0.463 e. The van der Waals surface area contributed by atoms with Gasteiger partial charge in [-0.2, -0.15) is 0 Å². The van der Waals surface area contributed by atoms with Gasteiger partial charge < -0.3 is 102 Å². The average molecular weight is 1220 g/mol. The highest BCUT2D eigenvalue weighted by Crippen LogP contribution is 2.38. The van der Waals surface area contributed by atoms with Crippen molar-refractivity contribution in [3.05, 3.63) is 71.8 Å². The summed E-state index contributed by atoms with van der Waals surface area (Å²) < 4.78 is 95.9. The summed E-state index contributed by atoms with van der Waals surface area (Å²) in [6, 6.07) is 14.2. The van der Waals surface area contributed by atoms with Crippen LogP contribution in [0.15, 0.2) is 60.7 Å². The van der Waals surface area contributed by atoms with Gasteiger partial charge in [-0.05, 0) is 11.1 Å². The lowest BCUT2D eigenvalue weighted by Gasteiger charge is -2.51. The first-order chi connectivity index (χ1) is 40.8. The first-order valence-corrected chi connectivity index (χ1v) is 27.3. The molecule has 4 aliphatic rings. The van der Waals surface area contributed by atoms with E-state index in [0.717, 1.165) is 67.9 Å². The van der Waals surface area contributed by atoms with E-state index >= 15 is 0 Å². The zero-order valence-corrected chi connectivity index (χ0v) is 48.6. The van der Waals surface area contributed by atoms with E-state index < -0.39 is 196 Å². The molecular formula is C56H74N2O28. The number of hydrogen-bond donors (Lipinski definition) is 5. The van der Waals surface area contributed by atoms with Crippen molar-refractivity contribution in [2.45, 2.75) is 198 Å². The Morgan fingerprint density at radius 2 is 0.721 bits per heavy atom. The molecule has 2 aromatic carbocycles. The molecule has 4 fully saturated rings. The maximum absolute atomic E-state index is 13.3. The maximum atomic E-state index is 13.3. The van der Waals surface area contributed by atoms with Gasteiger partial charge in [-0.25, -0.2) is 0 Å². The molecule has 0 radical (unpaired) electrons. The van der Waals surface area contributed by atoms with E-state index in [-0.39, 0.29) is 19.8 Å². The summed E-state index contributed by atoms with van der Waals surface area (Å²) in [5.74, 6) is -8.09. The largest absolute Gasteiger partial charge is 0.463 e. The van der Waals surface area contributed by atoms with Gasteiger partial charge in [0.2, 0.25) is 11.8 Å². The van der Waals surface area contributed by atoms with Crippen LogP contribution in [0.25, 0.3) is 0 Å². The normalized spacial score (nSPS) is 32.5. The monoisotopic (exact) mass is 1220 g/mol. The molecule has 476 valence electrons. The third-order valence-corrected chi connectivity index (χ3v) is 13.4. The molecule has 2 aromatic rings. The zero-order valence-electron chi connectivity index (χ0n) is 48.6. The lowest BCUT2D eigenvalue weighted by atomic mass is 9.93. The van der Waals surface area contributed by atoms with Gasteiger partial charge >= 0.3 is 41.8 Å². The SMILES string of the molecule is CC(=O)N[C@@H]1[C@@H](O)[C@H](O[C@@H]2O[C@H](COC(C)=O)[C@H](OC(C)=O)[C@H](O[C@@H]3O[C@H](COCc4ccccc4)[C@@H](O[C@@H]4O[C@H](COC(C)=O)[C@H](OC(C)=O)[C@H](OC(C)=O)[C@H]4OC(C)=O)[C@H](O)[C@H]3NC(C)=O)[C@H]2OC(C)=O)[C@@H](COCc2ccccc2)O[C@H]1O. The Kier molecular flexibility index (Phi) is 25.6. The van der Waals surface area contributed by atoms with Crippen LogP contribution in [-0.4, -0.2) is 218 Å². The first-order valence-electron chi connectivity index (χ1n) is 27.3. The molecule has 0 aromatic heterocycles. The Bertz CT molecular complexity index is 2610. The van der Waals surface area contributed by atoms with E-state index in [1.54, 1.807) is 60.7 Å². The average Bonchev–Trinajstić information content (AvgIpc) is 1.09. The fourth-order valence-corrected chi connectivity index (χ4v) is 9.98. The van der Waals surface area contributed by atoms with Crippen LogP contribution in [0, 0.1) is 0 Å². The molecular weight excluding hydrogens is 1150 g/mol. The number of ether oxygens (including phenoxy) is 16. The van der Waals surface area contributed by atoms with Crippen molar-refractivity contribution < 1.29 is 134 Å². The summed E-state index contributed by atoms with van der Waals surface area (Å²) in [5, 5.41) is 40.8. The molecule has 2 amide bonds. The number of nitrogens with one attached hydrogen (secondary N) is 2.